The highest BCUT2D eigenvalue weighted by molar-refractivity contribution is 7.80. The smallest absolute Gasteiger partial charge is 0.328 e. The van der Waals surface area contributed by atoms with Crippen molar-refractivity contribution in [3.8, 4) is 0 Å². The van der Waals surface area contributed by atoms with Gasteiger partial charge in [-0.3, -0.25) is 4.79 Å². The standard InChI is InChI=1S/C15H30N2O3S/c1-17(2)11-8-6-4-5-7-9-14(18)16-13(10-12-21)15(19)20-3/h13,21H,4-12H2,1-3H3,(H,16,18)/p+1. The fourth-order valence-corrected chi connectivity index (χ4v) is 2.34. The molecular weight excluding hydrogens is 288 g/mol. The summed E-state index contributed by atoms with van der Waals surface area (Å²) in [6.45, 7) is 1.20. The van der Waals surface area contributed by atoms with E-state index in [1.54, 1.807) is 0 Å². The van der Waals surface area contributed by atoms with E-state index >= 15 is 0 Å². The van der Waals surface area contributed by atoms with Crippen LogP contribution in [-0.4, -0.2) is 51.4 Å². The van der Waals surface area contributed by atoms with Crippen LogP contribution in [0, 0.1) is 0 Å². The van der Waals surface area contributed by atoms with Crippen LogP contribution in [0.5, 0.6) is 0 Å². The molecule has 1 unspecified atom stereocenters. The third-order valence-electron chi connectivity index (χ3n) is 3.32. The van der Waals surface area contributed by atoms with Crippen molar-refractivity contribution < 1.29 is 19.2 Å². The predicted octanol–water partition coefficient (Wildman–Crippen LogP) is 0.449. The summed E-state index contributed by atoms with van der Waals surface area (Å²) < 4.78 is 4.67. The third-order valence-corrected chi connectivity index (χ3v) is 3.58. The number of unbranched alkanes of at least 4 members (excludes halogenated alkanes) is 4. The second kappa shape index (κ2) is 13.0. The van der Waals surface area contributed by atoms with Crippen LogP contribution in [0.25, 0.3) is 0 Å². The van der Waals surface area contributed by atoms with Crippen LogP contribution in [0.15, 0.2) is 0 Å². The third kappa shape index (κ3) is 11.6. The van der Waals surface area contributed by atoms with Gasteiger partial charge in [0, 0.05) is 6.42 Å². The number of esters is 1. The fourth-order valence-electron chi connectivity index (χ4n) is 2.08. The van der Waals surface area contributed by atoms with Crippen molar-refractivity contribution in [1.29, 1.82) is 0 Å². The van der Waals surface area contributed by atoms with E-state index in [-0.39, 0.29) is 5.91 Å². The molecule has 0 spiro atoms. The first-order chi connectivity index (χ1) is 10.0. The van der Waals surface area contributed by atoms with E-state index in [1.807, 2.05) is 0 Å². The molecule has 0 fully saturated rings. The van der Waals surface area contributed by atoms with E-state index in [1.165, 1.54) is 31.4 Å². The minimum absolute atomic E-state index is 0.0788. The summed E-state index contributed by atoms with van der Waals surface area (Å²) in [5.41, 5.74) is 0. The van der Waals surface area contributed by atoms with Crippen LogP contribution in [0.4, 0.5) is 0 Å². The molecule has 0 saturated carbocycles. The van der Waals surface area contributed by atoms with Gasteiger partial charge >= 0.3 is 5.97 Å². The van der Waals surface area contributed by atoms with Crippen LogP contribution < -0.4 is 10.2 Å². The SMILES string of the molecule is COC(=O)C(CCS)NC(=O)CCCCCCC[NH+](C)C. The Balaban J connectivity index is 3.71. The maximum Gasteiger partial charge on any atom is 0.328 e. The lowest BCUT2D eigenvalue weighted by molar-refractivity contribution is -0.858. The Morgan fingerprint density at radius 1 is 1.14 bits per heavy atom. The van der Waals surface area contributed by atoms with Gasteiger partial charge in [-0.05, 0) is 31.4 Å². The minimum Gasteiger partial charge on any atom is -0.467 e. The average molecular weight is 319 g/mol. The van der Waals surface area contributed by atoms with Crippen molar-refractivity contribution in [2.24, 2.45) is 0 Å². The Morgan fingerprint density at radius 3 is 2.33 bits per heavy atom. The van der Waals surface area contributed by atoms with Gasteiger partial charge < -0.3 is 15.0 Å². The first kappa shape index (κ1) is 20.2. The van der Waals surface area contributed by atoms with Gasteiger partial charge in [0.2, 0.25) is 5.91 Å². The van der Waals surface area contributed by atoms with Crippen molar-refractivity contribution in [3.05, 3.63) is 0 Å². The maximum atomic E-state index is 11.8. The van der Waals surface area contributed by atoms with Crippen LogP contribution in [0.3, 0.4) is 0 Å². The molecule has 0 bridgehead atoms. The topological polar surface area (TPSA) is 59.8 Å². The zero-order chi connectivity index (χ0) is 16.1. The van der Waals surface area contributed by atoms with Gasteiger partial charge in [0.05, 0.1) is 27.7 Å². The number of carbonyl (C=O) groups excluding carboxylic acids is 2. The summed E-state index contributed by atoms with van der Waals surface area (Å²) in [7, 11) is 5.65. The van der Waals surface area contributed by atoms with Crippen molar-refractivity contribution in [2.45, 2.75) is 51.0 Å². The Labute approximate surface area is 134 Å². The number of hydrogen-bond acceptors (Lipinski definition) is 4. The molecule has 124 valence electrons. The van der Waals surface area contributed by atoms with Crippen LogP contribution in [0.1, 0.15) is 44.9 Å². The summed E-state index contributed by atoms with van der Waals surface area (Å²) in [6.07, 6.45) is 6.52. The van der Waals surface area contributed by atoms with Crippen LogP contribution >= 0.6 is 12.6 Å². The lowest BCUT2D eigenvalue weighted by Gasteiger charge is -2.15. The van der Waals surface area contributed by atoms with Gasteiger partial charge in [-0.25, -0.2) is 4.79 Å². The first-order valence-electron chi connectivity index (χ1n) is 7.78. The molecule has 0 aliphatic heterocycles. The molecule has 0 rings (SSSR count). The highest BCUT2D eigenvalue weighted by Gasteiger charge is 2.20. The van der Waals surface area contributed by atoms with Gasteiger partial charge in [-0.1, -0.05) is 12.8 Å². The number of rotatable bonds is 12. The molecule has 21 heavy (non-hydrogen) atoms. The molecule has 2 N–H and O–H groups in total. The molecule has 0 aliphatic carbocycles. The van der Waals surface area contributed by atoms with Gasteiger partial charge in [0.25, 0.3) is 0 Å². The van der Waals surface area contributed by atoms with E-state index in [0.29, 0.717) is 18.6 Å². The summed E-state index contributed by atoms with van der Waals surface area (Å²) in [6, 6.07) is -0.567. The van der Waals surface area contributed by atoms with Crippen LogP contribution in [-0.2, 0) is 14.3 Å². The molecule has 0 saturated heterocycles. The molecule has 6 heteroatoms. The van der Waals surface area contributed by atoms with E-state index < -0.39 is 12.0 Å². The van der Waals surface area contributed by atoms with Crippen molar-refractivity contribution >= 4 is 24.5 Å². The summed E-state index contributed by atoms with van der Waals surface area (Å²) >= 11 is 4.09. The maximum absolute atomic E-state index is 11.8. The molecule has 0 aromatic carbocycles. The Morgan fingerprint density at radius 2 is 1.76 bits per heavy atom. The number of amides is 1. The molecule has 0 heterocycles. The fraction of sp³-hybridized carbons (Fsp3) is 0.867. The van der Waals surface area contributed by atoms with E-state index in [9.17, 15) is 9.59 Å². The molecule has 0 aliphatic rings. The quantitative estimate of drug-likeness (QED) is 0.278. The Kier molecular flexibility index (Phi) is 12.5. The van der Waals surface area contributed by atoms with Gasteiger partial charge in [0.1, 0.15) is 6.04 Å². The predicted molar refractivity (Wildman–Crippen MR) is 87.8 cm³/mol. The van der Waals surface area contributed by atoms with Crippen LogP contribution in [0.2, 0.25) is 0 Å². The lowest BCUT2D eigenvalue weighted by Crippen LogP contribution is -3.05. The number of ether oxygens (including phenoxy) is 1. The van der Waals surface area contributed by atoms with Gasteiger partial charge in [-0.2, -0.15) is 12.6 Å². The van der Waals surface area contributed by atoms with E-state index in [4.69, 9.17) is 0 Å². The molecule has 0 aromatic heterocycles. The van der Waals surface area contributed by atoms with Crippen molar-refractivity contribution in [3.63, 3.8) is 0 Å². The zero-order valence-electron chi connectivity index (χ0n) is 13.6. The second-order valence-electron chi connectivity index (χ2n) is 5.63. The Bertz CT molecular complexity index is 299. The highest BCUT2D eigenvalue weighted by atomic mass is 32.1. The molecule has 0 aromatic rings. The first-order valence-corrected chi connectivity index (χ1v) is 8.41. The van der Waals surface area contributed by atoms with Gasteiger partial charge in [-0.15, -0.1) is 0 Å². The van der Waals surface area contributed by atoms with Crippen molar-refractivity contribution in [2.75, 3.05) is 33.5 Å². The minimum atomic E-state index is -0.567. The van der Waals surface area contributed by atoms with Crippen molar-refractivity contribution in [1.82, 2.24) is 5.32 Å². The Hall–Kier alpha value is -0.750. The summed E-state index contributed by atoms with van der Waals surface area (Å²) in [4.78, 5) is 24.7. The highest BCUT2D eigenvalue weighted by Crippen LogP contribution is 2.05. The molecule has 1 amide bonds. The van der Waals surface area contributed by atoms with E-state index in [2.05, 4.69) is 36.8 Å². The molecule has 1 atom stereocenters. The molecular formula is C15H31N2O3S+. The number of quaternary nitrogens is 1. The van der Waals surface area contributed by atoms with Gasteiger partial charge in [0.15, 0.2) is 0 Å². The number of hydrogen-bond donors (Lipinski definition) is 3. The monoisotopic (exact) mass is 319 g/mol. The summed E-state index contributed by atoms with van der Waals surface area (Å²) in [5, 5.41) is 2.72. The summed E-state index contributed by atoms with van der Waals surface area (Å²) in [5.74, 6) is 0.0574. The zero-order valence-corrected chi connectivity index (χ0v) is 14.5. The van der Waals surface area contributed by atoms with E-state index in [0.717, 1.165) is 19.3 Å². The number of methoxy groups -OCH3 is 1. The average Bonchev–Trinajstić information content (AvgIpc) is 2.44. The molecule has 5 nitrogen and oxygen atoms in total. The number of nitrogens with one attached hydrogen (secondary N) is 2. The second-order valence-corrected chi connectivity index (χ2v) is 6.08. The largest absolute Gasteiger partial charge is 0.467 e. The molecule has 0 radical (unpaired) electrons. The normalized spacial score (nSPS) is 12.2. The number of carbonyl (C=O) groups is 2. The number of thiol groups is 1. The lowest BCUT2D eigenvalue weighted by atomic mass is 10.1.